The van der Waals surface area contributed by atoms with Gasteiger partial charge in [-0.25, -0.2) is 19.2 Å². The summed E-state index contributed by atoms with van der Waals surface area (Å²) in [4.78, 5) is 49.6. The minimum absolute atomic E-state index is 0.360. The van der Waals surface area contributed by atoms with Crippen molar-refractivity contribution >= 4 is 58.6 Å². The smallest absolute Gasteiger partial charge is 0.407 e. The van der Waals surface area contributed by atoms with Crippen molar-refractivity contribution in [3.63, 3.8) is 0 Å². The van der Waals surface area contributed by atoms with Crippen molar-refractivity contribution in [3.8, 4) is 0 Å². The maximum Gasteiger partial charge on any atom is 0.407 e. The maximum atomic E-state index is 12.4. The summed E-state index contributed by atoms with van der Waals surface area (Å²) in [5.74, 6) is 0. The Balaban J connectivity index is 3.35. The van der Waals surface area contributed by atoms with Crippen molar-refractivity contribution in [1.29, 1.82) is 0 Å². The Hall–Kier alpha value is -2.21. The highest BCUT2D eigenvalue weighted by atomic mass is 28.5. The fraction of sp³-hybridized carbons (Fsp3) is 0.889. The average Bonchev–Trinajstić information content (AvgIpc) is 2.93. The number of nitrogens with one attached hydrogen (secondary N) is 4. The van der Waals surface area contributed by atoms with E-state index in [-0.39, 0.29) is 0 Å². The van der Waals surface area contributed by atoms with Crippen LogP contribution >= 0.6 is 0 Å². The van der Waals surface area contributed by atoms with Crippen LogP contribution in [0.4, 0.5) is 19.2 Å². The second kappa shape index (κ2) is 21.2. The van der Waals surface area contributed by atoms with E-state index in [2.05, 4.69) is 21.3 Å². The number of hydrogen-bond acceptors (Lipinski definition) is 12. The van der Waals surface area contributed by atoms with E-state index in [1.165, 1.54) is 0 Å². The first kappa shape index (κ1) is 51.8. The Bertz CT molecular complexity index is 1080. The molecule has 0 saturated carbocycles. The van der Waals surface area contributed by atoms with Crippen LogP contribution in [0.3, 0.4) is 0 Å². The van der Waals surface area contributed by atoms with Gasteiger partial charge in [-0.15, -0.1) is 0 Å². The summed E-state index contributed by atoms with van der Waals surface area (Å²) in [5, 5.41) is 11.4. The van der Waals surface area contributed by atoms with Gasteiger partial charge in [0.2, 0.25) is 0 Å². The van der Waals surface area contributed by atoms with Gasteiger partial charge >= 0.3 is 58.6 Å². The molecule has 16 nitrogen and oxygen atoms in total. The first-order valence-electron chi connectivity index (χ1n) is 19.9. The highest BCUT2D eigenvalue weighted by molar-refractivity contribution is 6.93. The first-order valence-corrected chi connectivity index (χ1v) is 30.0. The van der Waals surface area contributed by atoms with Gasteiger partial charge in [-0.05, 0) is 159 Å². The summed E-state index contributed by atoms with van der Waals surface area (Å²) >= 11 is 0. The molecule has 1 saturated heterocycles. The maximum absolute atomic E-state index is 12.4. The van der Waals surface area contributed by atoms with E-state index in [1.807, 2.05) is 109 Å². The van der Waals surface area contributed by atoms with Crippen LogP contribution in [0, 0.1) is 0 Å². The summed E-state index contributed by atoms with van der Waals surface area (Å²) in [7, 11) is -12.3. The minimum atomic E-state index is -3.07. The predicted octanol–water partition coefficient (Wildman–Crippen LogP) is 8.01. The van der Waals surface area contributed by atoms with Crippen LogP contribution in [0.1, 0.15) is 109 Å². The quantitative estimate of drug-likeness (QED) is 0.0665. The summed E-state index contributed by atoms with van der Waals surface area (Å²) in [6.45, 7) is 31.3. The summed E-state index contributed by atoms with van der Waals surface area (Å²) < 4.78 is 50.4. The van der Waals surface area contributed by atoms with Crippen molar-refractivity contribution in [3.05, 3.63) is 0 Å². The Kier molecular flexibility index (Phi) is 19.6. The van der Waals surface area contributed by atoms with Crippen molar-refractivity contribution in [1.82, 2.24) is 21.3 Å². The van der Waals surface area contributed by atoms with Gasteiger partial charge < -0.3 is 56.7 Å². The van der Waals surface area contributed by atoms with E-state index in [0.717, 1.165) is 0 Å². The number of carbonyl (C=O) groups excluding carboxylic acids is 4. The molecule has 0 aromatic rings. The number of amides is 4. The number of rotatable bonds is 16. The van der Waals surface area contributed by atoms with E-state index < -0.39 is 81.0 Å². The third-order valence-electron chi connectivity index (χ3n) is 7.63. The Labute approximate surface area is 341 Å². The standard InChI is InChI=1S/C36H76N4O12Si4/c1-33(2,3)45-29(41)37-21-17-25-53(13)49-54(14,26-18-22-38-30(42)46-34(4,5)6)51-56(16,28-20-24-40-32(44)48-36(10,11)12)52-55(15,50-53)27-19-23-39-31(43)47-35(7,8)9/h17-28H2,1-16H3,(H,37,41)(H,38,42)(H,39,43)(H,40,44). The molecule has 1 aliphatic heterocycles. The normalized spacial score (nSPS) is 24.9. The lowest BCUT2D eigenvalue weighted by Crippen LogP contribution is -2.67. The van der Waals surface area contributed by atoms with Crippen LogP contribution in [0.25, 0.3) is 0 Å². The zero-order valence-corrected chi connectivity index (χ0v) is 41.4. The topological polar surface area (TPSA) is 190 Å². The van der Waals surface area contributed by atoms with Gasteiger partial charge in [-0.2, -0.15) is 0 Å². The van der Waals surface area contributed by atoms with Gasteiger partial charge in [0.05, 0.1) is 0 Å². The summed E-state index contributed by atoms with van der Waals surface area (Å²) in [6.07, 6.45) is 0.312. The zero-order valence-electron chi connectivity index (χ0n) is 37.4. The Morgan fingerprint density at radius 1 is 0.375 bits per heavy atom. The molecule has 1 heterocycles. The lowest BCUT2D eigenvalue weighted by Gasteiger charge is -2.50. The van der Waals surface area contributed by atoms with Crippen LogP contribution in [-0.2, 0) is 35.4 Å². The van der Waals surface area contributed by atoms with Crippen LogP contribution in [0.5, 0.6) is 0 Å². The number of hydrogen-bond donors (Lipinski definition) is 4. The van der Waals surface area contributed by atoms with Gasteiger partial charge in [0.15, 0.2) is 0 Å². The molecule has 4 N–H and O–H groups in total. The SMILES string of the molecule is CC(C)(C)OC(=O)NCCC[Si]1(C)O[Si](C)(CCCNC(=O)OC(C)(C)C)O[Si](C)(CCCNC(=O)OC(C)(C)C)O[Si](C)(CCCNC(=O)OC(C)(C)C)O1. The molecule has 4 amide bonds. The molecule has 1 fully saturated rings. The fourth-order valence-corrected chi connectivity index (χ4v) is 29.3. The minimum Gasteiger partial charge on any atom is -0.444 e. The van der Waals surface area contributed by atoms with E-state index in [9.17, 15) is 19.2 Å². The summed E-state index contributed by atoms with van der Waals surface area (Å²) in [6, 6.07) is 2.19. The molecule has 0 atom stereocenters. The molecular weight excluding hydrogens is 793 g/mol. The largest absolute Gasteiger partial charge is 0.444 e. The van der Waals surface area contributed by atoms with Gasteiger partial charge in [0.25, 0.3) is 0 Å². The average molecular weight is 869 g/mol. The van der Waals surface area contributed by atoms with Gasteiger partial charge in [0.1, 0.15) is 22.4 Å². The molecule has 1 rings (SSSR count). The highest BCUT2D eigenvalue weighted by Crippen LogP contribution is 2.38. The third-order valence-corrected chi connectivity index (χ3v) is 26.5. The lowest BCUT2D eigenvalue weighted by atomic mass is 10.2. The zero-order chi connectivity index (χ0) is 43.3. The second-order valence-corrected chi connectivity index (χ2v) is 33.4. The predicted molar refractivity (Wildman–Crippen MR) is 225 cm³/mol. The van der Waals surface area contributed by atoms with Gasteiger partial charge in [-0.3, -0.25) is 0 Å². The molecule has 328 valence electrons. The molecule has 56 heavy (non-hydrogen) atoms. The molecule has 0 aromatic carbocycles. The second-order valence-electron chi connectivity index (χ2n) is 19.1. The highest BCUT2D eigenvalue weighted by Gasteiger charge is 2.56. The van der Waals surface area contributed by atoms with Crippen LogP contribution in [0.2, 0.25) is 50.4 Å². The lowest BCUT2D eigenvalue weighted by molar-refractivity contribution is 0.0516. The van der Waals surface area contributed by atoms with Crippen molar-refractivity contribution in [2.45, 2.75) is 182 Å². The third kappa shape index (κ3) is 24.5. The Morgan fingerprint density at radius 2 is 0.536 bits per heavy atom. The van der Waals surface area contributed by atoms with Crippen molar-refractivity contribution < 1.29 is 54.6 Å². The molecule has 0 spiro atoms. The monoisotopic (exact) mass is 868 g/mol. The van der Waals surface area contributed by atoms with Crippen LogP contribution in [0.15, 0.2) is 0 Å². The molecule has 0 radical (unpaired) electrons. The van der Waals surface area contributed by atoms with Crippen LogP contribution in [-0.4, -0.2) is 107 Å². The van der Waals surface area contributed by atoms with Crippen molar-refractivity contribution in [2.75, 3.05) is 26.2 Å². The number of carbonyl (C=O) groups is 4. The van der Waals surface area contributed by atoms with Gasteiger partial charge in [-0.1, -0.05) is 0 Å². The van der Waals surface area contributed by atoms with Gasteiger partial charge in [0, 0.05) is 26.2 Å². The van der Waals surface area contributed by atoms with Crippen molar-refractivity contribution in [2.24, 2.45) is 0 Å². The summed E-state index contributed by atoms with van der Waals surface area (Å²) in [5.41, 5.74) is -2.48. The van der Waals surface area contributed by atoms with E-state index >= 15 is 0 Å². The molecule has 20 heteroatoms. The van der Waals surface area contributed by atoms with E-state index in [1.54, 1.807) is 0 Å². The molecule has 0 unspecified atom stereocenters. The fourth-order valence-electron chi connectivity index (χ4n) is 5.97. The molecule has 0 bridgehead atoms. The number of alkyl carbamates (subject to hydrolysis) is 4. The van der Waals surface area contributed by atoms with Crippen LogP contribution < -0.4 is 21.3 Å². The molecular formula is C36H76N4O12Si4. The van der Waals surface area contributed by atoms with E-state index in [4.69, 9.17) is 35.4 Å². The molecule has 0 aliphatic carbocycles. The van der Waals surface area contributed by atoms with E-state index in [0.29, 0.717) is 76.0 Å². The molecule has 1 aliphatic rings. The first-order chi connectivity index (χ1) is 25.2. The molecule has 0 aromatic heterocycles. The Morgan fingerprint density at radius 3 is 0.679 bits per heavy atom. The number of ether oxygens (including phenoxy) is 4.